The van der Waals surface area contributed by atoms with Gasteiger partial charge in [-0.2, -0.15) is 0 Å². The van der Waals surface area contributed by atoms with E-state index >= 15 is 0 Å². The van der Waals surface area contributed by atoms with Crippen molar-refractivity contribution in [3.63, 3.8) is 0 Å². The van der Waals surface area contributed by atoms with E-state index in [2.05, 4.69) is 15.5 Å². The van der Waals surface area contributed by atoms with Gasteiger partial charge in [-0.25, -0.2) is 4.79 Å². The molecule has 0 unspecified atom stereocenters. The topological polar surface area (TPSA) is 79.9 Å². The van der Waals surface area contributed by atoms with Crippen LogP contribution in [0.15, 0.2) is 72.8 Å². The van der Waals surface area contributed by atoms with Gasteiger partial charge in [0.05, 0.1) is 29.1 Å². The van der Waals surface area contributed by atoms with Crippen molar-refractivity contribution < 1.29 is 19.1 Å². The monoisotopic (exact) mass is 471 g/mol. The maximum atomic E-state index is 13.1. The van der Waals surface area contributed by atoms with Crippen molar-refractivity contribution in [1.82, 2.24) is 4.90 Å². The molecular formula is C28H29N3O4. The van der Waals surface area contributed by atoms with Crippen LogP contribution in [0.2, 0.25) is 0 Å². The Labute approximate surface area is 205 Å². The molecule has 35 heavy (non-hydrogen) atoms. The molecule has 0 bridgehead atoms. The van der Waals surface area contributed by atoms with Crippen molar-refractivity contribution in [1.29, 1.82) is 0 Å². The van der Waals surface area contributed by atoms with Gasteiger partial charge in [0.1, 0.15) is 12.4 Å². The second-order valence-electron chi connectivity index (χ2n) is 8.35. The van der Waals surface area contributed by atoms with E-state index in [9.17, 15) is 9.59 Å². The zero-order chi connectivity index (χ0) is 24.8. The molecule has 0 spiro atoms. The van der Waals surface area contributed by atoms with Crippen molar-refractivity contribution in [3.8, 4) is 5.75 Å². The third kappa shape index (κ3) is 5.70. The van der Waals surface area contributed by atoms with E-state index < -0.39 is 5.97 Å². The summed E-state index contributed by atoms with van der Waals surface area (Å²) in [4.78, 5) is 27.3. The van der Waals surface area contributed by atoms with Gasteiger partial charge in [0.2, 0.25) is 0 Å². The molecular weight excluding hydrogens is 442 g/mol. The normalized spacial score (nSPS) is 13.8. The summed E-state index contributed by atoms with van der Waals surface area (Å²) in [6.45, 7) is 3.48. The first kappa shape index (κ1) is 24.0. The Morgan fingerprint density at radius 1 is 0.971 bits per heavy atom. The van der Waals surface area contributed by atoms with Gasteiger partial charge >= 0.3 is 5.97 Å². The van der Waals surface area contributed by atoms with Crippen LogP contribution in [-0.2, 0) is 9.53 Å². The first-order valence-electron chi connectivity index (χ1n) is 11.5. The van der Waals surface area contributed by atoms with Crippen LogP contribution in [0, 0.1) is 0 Å². The lowest BCUT2D eigenvalue weighted by atomic mass is 9.99. The highest BCUT2D eigenvalue weighted by Gasteiger charge is 2.29. The summed E-state index contributed by atoms with van der Waals surface area (Å²) in [6, 6.07) is 22.4. The summed E-state index contributed by atoms with van der Waals surface area (Å²) >= 11 is 0. The van der Waals surface area contributed by atoms with Crippen LogP contribution < -0.4 is 15.4 Å². The van der Waals surface area contributed by atoms with Crippen molar-refractivity contribution in [3.05, 3.63) is 89.5 Å². The summed E-state index contributed by atoms with van der Waals surface area (Å²) < 4.78 is 10.9. The van der Waals surface area contributed by atoms with E-state index in [1.165, 1.54) is 0 Å². The highest BCUT2D eigenvalue weighted by Crippen LogP contribution is 2.38. The molecule has 0 saturated heterocycles. The lowest BCUT2D eigenvalue weighted by molar-refractivity contribution is -0.110. The highest BCUT2D eigenvalue weighted by atomic mass is 16.5. The molecule has 3 aromatic rings. The Bertz CT molecular complexity index is 1230. The number of amides is 1. The molecule has 7 nitrogen and oxygen atoms in total. The molecule has 0 radical (unpaired) electrons. The molecule has 0 aliphatic carbocycles. The Morgan fingerprint density at radius 2 is 1.71 bits per heavy atom. The number of ether oxygens (including phenoxy) is 2. The molecule has 1 aliphatic heterocycles. The van der Waals surface area contributed by atoms with Crippen molar-refractivity contribution in [2.75, 3.05) is 44.5 Å². The smallest absolute Gasteiger partial charge is 0.338 e. The number of nitrogens with zero attached hydrogens (tertiary/aromatic N) is 1. The van der Waals surface area contributed by atoms with Crippen LogP contribution in [0.5, 0.6) is 5.75 Å². The van der Waals surface area contributed by atoms with E-state index in [0.29, 0.717) is 29.1 Å². The predicted octanol–water partition coefficient (Wildman–Crippen LogP) is 4.74. The molecule has 0 aromatic heterocycles. The fourth-order valence-electron chi connectivity index (χ4n) is 3.77. The number of carbonyl (C=O) groups excluding carboxylic acids is 2. The third-order valence-electron chi connectivity index (χ3n) is 5.52. The third-order valence-corrected chi connectivity index (χ3v) is 5.52. The van der Waals surface area contributed by atoms with Crippen molar-refractivity contribution >= 4 is 34.5 Å². The van der Waals surface area contributed by atoms with Crippen LogP contribution in [0.4, 0.5) is 11.4 Å². The Hall–Kier alpha value is -4.10. The van der Waals surface area contributed by atoms with Crippen molar-refractivity contribution in [2.45, 2.75) is 6.92 Å². The summed E-state index contributed by atoms with van der Waals surface area (Å²) in [5.74, 6) is 0.119. The number of carbonyl (C=O) groups is 2. The minimum atomic E-state index is -0.420. The number of likely N-dealkylation sites (N-methyl/N-ethyl adjacent to an activating group) is 1. The van der Waals surface area contributed by atoms with Gasteiger partial charge in [0.15, 0.2) is 0 Å². The first-order chi connectivity index (χ1) is 17.0. The second kappa shape index (κ2) is 10.9. The van der Waals surface area contributed by atoms with E-state index in [4.69, 9.17) is 9.47 Å². The number of rotatable bonds is 9. The number of hydrogen-bond acceptors (Lipinski definition) is 6. The molecule has 180 valence electrons. The molecule has 2 N–H and O–H groups in total. The van der Waals surface area contributed by atoms with E-state index in [1.807, 2.05) is 68.7 Å². The standard InChI is InChI=1S/C28H29N3O4/c1-4-34-28(33)20-10-15-23-24(18-20)30-27(32)25(23)26(19-8-6-5-7-9-19)29-21-11-13-22(14-12-21)35-17-16-31(2)3/h5-15,18,29H,4,16-17H2,1-3H3,(H,30,32). The van der Waals surface area contributed by atoms with Gasteiger partial charge in [-0.05, 0) is 63.0 Å². The number of fused-ring (bicyclic) bond motifs is 1. The lowest BCUT2D eigenvalue weighted by Crippen LogP contribution is -2.19. The number of hydrogen-bond donors (Lipinski definition) is 2. The SMILES string of the molecule is CCOC(=O)c1ccc2c(c1)NC(=O)C2=C(Nc1ccc(OCCN(C)C)cc1)c1ccccc1. The Balaban J connectivity index is 1.67. The molecule has 1 aliphatic rings. The van der Waals surface area contributed by atoms with Gasteiger partial charge < -0.3 is 25.0 Å². The highest BCUT2D eigenvalue weighted by molar-refractivity contribution is 6.37. The quantitative estimate of drug-likeness (QED) is 0.347. The molecule has 1 amide bonds. The molecule has 0 atom stereocenters. The fourth-order valence-corrected chi connectivity index (χ4v) is 3.77. The average molecular weight is 472 g/mol. The molecule has 0 saturated carbocycles. The van der Waals surface area contributed by atoms with E-state index in [0.717, 1.165) is 29.1 Å². The fraction of sp³-hybridized carbons (Fsp3) is 0.214. The summed E-state index contributed by atoms with van der Waals surface area (Å²) in [6.07, 6.45) is 0. The van der Waals surface area contributed by atoms with E-state index in [1.54, 1.807) is 25.1 Å². The molecule has 4 rings (SSSR count). The molecule has 3 aromatic carbocycles. The zero-order valence-electron chi connectivity index (χ0n) is 20.1. The van der Waals surface area contributed by atoms with Gasteiger partial charge in [0, 0.05) is 17.8 Å². The van der Waals surface area contributed by atoms with Gasteiger partial charge in [0.25, 0.3) is 5.91 Å². The minimum Gasteiger partial charge on any atom is -0.492 e. The molecule has 7 heteroatoms. The van der Waals surface area contributed by atoms with Gasteiger partial charge in [-0.1, -0.05) is 36.4 Å². The predicted molar refractivity (Wildman–Crippen MR) is 138 cm³/mol. The van der Waals surface area contributed by atoms with E-state index in [-0.39, 0.29) is 12.5 Å². The minimum absolute atomic E-state index is 0.240. The van der Waals surface area contributed by atoms with Crippen LogP contribution in [0.25, 0.3) is 11.3 Å². The van der Waals surface area contributed by atoms with Crippen LogP contribution in [0.3, 0.4) is 0 Å². The van der Waals surface area contributed by atoms with Crippen LogP contribution >= 0.6 is 0 Å². The Morgan fingerprint density at radius 3 is 2.40 bits per heavy atom. The Kier molecular flexibility index (Phi) is 7.48. The number of nitrogens with one attached hydrogen (secondary N) is 2. The summed E-state index contributed by atoms with van der Waals surface area (Å²) in [5, 5.41) is 6.32. The maximum absolute atomic E-state index is 13.1. The van der Waals surface area contributed by atoms with Crippen molar-refractivity contribution in [2.24, 2.45) is 0 Å². The zero-order valence-corrected chi connectivity index (χ0v) is 20.1. The number of esters is 1. The summed E-state index contributed by atoms with van der Waals surface area (Å²) in [5.41, 5.74) is 4.56. The average Bonchev–Trinajstić information content (AvgIpc) is 3.18. The van der Waals surface area contributed by atoms with Gasteiger partial charge in [-0.3, -0.25) is 4.79 Å². The maximum Gasteiger partial charge on any atom is 0.338 e. The molecule has 1 heterocycles. The lowest BCUT2D eigenvalue weighted by Gasteiger charge is -2.16. The first-order valence-corrected chi connectivity index (χ1v) is 11.5. The second-order valence-corrected chi connectivity index (χ2v) is 8.35. The number of benzene rings is 3. The van der Waals surface area contributed by atoms with Gasteiger partial charge in [-0.15, -0.1) is 0 Å². The summed E-state index contributed by atoms with van der Waals surface area (Å²) in [7, 11) is 4.01. The van der Waals surface area contributed by atoms with Crippen LogP contribution in [0.1, 0.15) is 28.4 Å². The molecule has 0 fully saturated rings. The largest absolute Gasteiger partial charge is 0.492 e. The van der Waals surface area contributed by atoms with Crippen LogP contribution in [-0.4, -0.2) is 50.6 Å². The number of anilines is 2.